The van der Waals surface area contributed by atoms with Crippen molar-refractivity contribution in [2.45, 2.75) is 37.1 Å². The van der Waals surface area contributed by atoms with E-state index in [9.17, 15) is 4.79 Å². The molecule has 2 aliphatic rings. The fourth-order valence-corrected chi connectivity index (χ4v) is 4.42. The molecule has 4 rings (SSSR count). The first-order chi connectivity index (χ1) is 14.7. The highest BCUT2D eigenvalue weighted by Gasteiger charge is 2.16. The van der Waals surface area contributed by atoms with Gasteiger partial charge in [0.2, 0.25) is 0 Å². The van der Waals surface area contributed by atoms with Gasteiger partial charge in [0.15, 0.2) is 5.16 Å². The molecule has 2 aromatic rings. The number of nitrogens with zero attached hydrogens (tertiary/aromatic N) is 4. The van der Waals surface area contributed by atoms with Crippen LogP contribution in [0.5, 0.6) is 0 Å². The first-order valence-corrected chi connectivity index (χ1v) is 11.7. The van der Waals surface area contributed by atoms with Gasteiger partial charge in [0.05, 0.1) is 13.2 Å². The Hall–Kier alpha value is -2.16. The number of morpholine rings is 1. The second-order valence-corrected chi connectivity index (χ2v) is 8.52. The first kappa shape index (κ1) is 21.1. The number of thioether (sulfide) groups is 1. The summed E-state index contributed by atoms with van der Waals surface area (Å²) >= 11 is 1.65. The Bertz CT molecular complexity index is 849. The fourth-order valence-electron chi connectivity index (χ4n) is 3.60. The Morgan fingerprint density at radius 3 is 2.53 bits per heavy atom. The number of amides is 1. The number of hydrazine groups is 1. The molecule has 7 nitrogen and oxygen atoms in total. The molecule has 3 heterocycles. The van der Waals surface area contributed by atoms with Crippen LogP contribution in [0.2, 0.25) is 0 Å². The summed E-state index contributed by atoms with van der Waals surface area (Å²) in [6.45, 7) is 7.03. The molecule has 2 fully saturated rings. The lowest BCUT2D eigenvalue weighted by Gasteiger charge is -2.26. The third-order valence-corrected chi connectivity index (χ3v) is 6.31. The molecule has 1 N–H and O–H groups in total. The van der Waals surface area contributed by atoms with E-state index in [4.69, 9.17) is 14.7 Å². The van der Waals surface area contributed by atoms with Crippen LogP contribution in [0.1, 0.15) is 41.4 Å². The van der Waals surface area contributed by atoms with E-state index < -0.39 is 0 Å². The standard InChI is InChI=1S/C22H29N5O2S/c1-2-19-15-20(26-9-3-4-10-26)24-22(23-19)30-16-17-5-7-18(8-6-17)21(28)25-27-11-13-29-14-12-27/h5-8,15H,2-4,9-14,16H2,1H3,(H,25,28). The molecule has 30 heavy (non-hydrogen) atoms. The minimum absolute atomic E-state index is 0.0784. The predicted octanol–water partition coefficient (Wildman–Crippen LogP) is 2.91. The molecule has 160 valence electrons. The van der Waals surface area contributed by atoms with Crippen molar-refractivity contribution in [2.24, 2.45) is 0 Å². The summed E-state index contributed by atoms with van der Waals surface area (Å²) in [5.74, 6) is 1.75. The number of ether oxygens (including phenoxy) is 1. The third kappa shape index (κ3) is 5.50. The molecule has 0 aliphatic carbocycles. The largest absolute Gasteiger partial charge is 0.379 e. The predicted molar refractivity (Wildman–Crippen MR) is 119 cm³/mol. The van der Waals surface area contributed by atoms with E-state index in [1.165, 1.54) is 12.8 Å². The van der Waals surface area contributed by atoms with E-state index in [1.807, 2.05) is 29.3 Å². The van der Waals surface area contributed by atoms with Gasteiger partial charge in [0, 0.05) is 49.3 Å². The molecular weight excluding hydrogens is 398 g/mol. The van der Waals surface area contributed by atoms with E-state index in [1.54, 1.807) is 11.8 Å². The summed E-state index contributed by atoms with van der Waals surface area (Å²) < 4.78 is 5.31. The summed E-state index contributed by atoms with van der Waals surface area (Å²) in [5.41, 5.74) is 5.84. The average Bonchev–Trinajstić information content (AvgIpc) is 3.33. The van der Waals surface area contributed by atoms with Crippen LogP contribution in [0, 0.1) is 0 Å². The molecule has 0 unspecified atom stereocenters. The van der Waals surface area contributed by atoms with Crippen LogP contribution in [0.25, 0.3) is 0 Å². The van der Waals surface area contributed by atoms with Gasteiger partial charge in [-0.1, -0.05) is 30.8 Å². The summed E-state index contributed by atoms with van der Waals surface area (Å²) in [7, 11) is 0. The lowest BCUT2D eigenvalue weighted by molar-refractivity contribution is 0.0126. The molecule has 2 aliphatic heterocycles. The van der Waals surface area contributed by atoms with E-state index in [-0.39, 0.29) is 5.91 Å². The number of nitrogens with one attached hydrogen (secondary N) is 1. The Labute approximate surface area is 182 Å². The van der Waals surface area contributed by atoms with Crippen molar-refractivity contribution in [3.63, 3.8) is 0 Å². The quantitative estimate of drug-likeness (QED) is 0.538. The topological polar surface area (TPSA) is 70.6 Å². The van der Waals surface area contributed by atoms with E-state index in [2.05, 4.69) is 23.3 Å². The number of carbonyl (C=O) groups is 1. The van der Waals surface area contributed by atoms with Gasteiger partial charge in [0.1, 0.15) is 5.82 Å². The van der Waals surface area contributed by atoms with Crippen molar-refractivity contribution in [3.05, 3.63) is 47.2 Å². The van der Waals surface area contributed by atoms with E-state index in [0.29, 0.717) is 18.8 Å². The summed E-state index contributed by atoms with van der Waals surface area (Å²) in [6.07, 6.45) is 3.38. The number of carbonyl (C=O) groups excluding carboxylic acids is 1. The minimum atomic E-state index is -0.0784. The zero-order valence-electron chi connectivity index (χ0n) is 17.5. The second-order valence-electron chi connectivity index (χ2n) is 7.57. The number of aromatic nitrogens is 2. The molecule has 0 bridgehead atoms. The van der Waals surface area contributed by atoms with Crippen LogP contribution in [-0.2, 0) is 16.9 Å². The van der Waals surface area contributed by atoms with Gasteiger partial charge in [-0.2, -0.15) is 0 Å². The number of aryl methyl sites for hydroxylation is 1. The molecule has 1 amide bonds. The Balaban J connectivity index is 1.35. The maximum atomic E-state index is 12.4. The van der Waals surface area contributed by atoms with Crippen molar-refractivity contribution in [2.75, 3.05) is 44.3 Å². The van der Waals surface area contributed by atoms with Gasteiger partial charge in [-0.05, 0) is 37.0 Å². The van der Waals surface area contributed by atoms with Crippen molar-refractivity contribution < 1.29 is 9.53 Å². The Kier molecular flexibility index (Phi) is 7.20. The average molecular weight is 428 g/mol. The zero-order valence-corrected chi connectivity index (χ0v) is 18.3. The SMILES string of the molecule is CCc1cc(N2CCCC2)nc(SCc2ccc(C(=O)NN3CCOCC3)cc2)n1. The highest BCUT2D eigenvalue weighted by Crippen LogP contribution is 2.25. The van der Waals surface area contributed by atoms with Crippen molar-refractivity contribution in [1.82, 2.24) is 20.4 Å². The highest BCUT2D eigenvalue weighted by molar-refractivity contribution is 7.98. The van der Waals surface area contributed by atoms with Crippen LogP contribution >= 0.6 is 11.8 Å². The number of hydrogen-bond acceptors (Lipinski definition) is 7. The van der Waals surface area contributed by atoms with E-state index in [0.717, 1.165) is 60.6 Å². The van der Waals surface area contributed by atoms with Crippen LogP contribution in [0.3, 0.4) is 0 Å². The van der Waals surface area contributed by atoms with Crippen LogP contribution < -0.4 is 10.3 Å². The molecule has 1 aromatic carbocycles. The lowest BCUT2D eigenvalue weighted by Crippen LogP contribution is -2.48. The first-order valence-electron chi connectivity index (χ1n) is 10.7. The lowest BCUT2D eigenvalue weighted by atomic mass is 10.1. The fraction of sp³-hybridized carbons (Fsp3) is 0.500. The third-order valence-electron chi connectivity index (χ3n) is 5.39. The van der Waals surface area contributed by atoms with E-state index >= 15 is 0 Å². The van der Waals surface area contributed by atoms with Gasteiger partial charge < -0.3 is 9.64 Å². The molecular formula is C22H29N5O2S. The Morgan fingerprint density at radius 1 is 1.10 bits per heavy atom. The molecule has 2 saturated heterocycles. The number of hydrogen-bond donors (Lipinski definition) is 1. The van der Waals surface area contributed by atoms with Crippen LogP contribution in [-0.4, -0.2) is 60.3 Å². The van der Waals surface area contributed by atoms with Crippen LogP contribution in [0.4, 0.5) is 5.82 Å². The second kappa shape index (κ2) is 10.2. The minimum Gasteiger partial charge on any atom is -0.379 e. The maximum absolute atomic E-state index is 12.4. The van der Waals surface area contributed by atoms with Gasteiger partial charge in [-0.25, -0.2) is 15.0 Å². The monoisotopic (exact) mass is 427 g/mol. The molecule has 8 heteroatoms. The molecule has 0 spiro atoms. The summed E-state index contributed by atoms with van der Waals surface area (Å²) in [4.78, 5) is 24.2. The number of rotatable bonds is 7. The van der Waals surface area contributed by atoms with Crippen molar-refractivity contribution in [3.8, 4) is 0 Å². The molecule has 0 radical (unpaired) electrons. The van der Waals surface area contributed by atoms with Crippen molar-refractivity contribution >= 4 is 23.5 Å². The maximum Gasteiger partial charge on any atom is 0.265 e. The normalized spacial score (nSPS) is 17.3. The summed E-state index contributed by atoms with van der Waals surface area (Å²) in [5, 5.41) is 2.73. The van der Waals surface area contributed by atoms with Crippen LogP contribution in [0.15, 0.2) is 35.5 Å². The Morgan fingerprint density at radius 2 is 1.83 bits per heavy atom. The number of anilines is 1. The summed E-state index contributed by atoms with van der Waals surface area (Å²) in [6, 6.07) is 9.89. The number of benzene rings is 1. The zero-order chi connectivity index (χ0) is 20.8. The highest BCUT2D eigenvalue weighted by atomic mass is 32.2. The van der Waals surface area contributed by atoms with Gasteiger partial charge in [0.25, 0.3) is 5.91 Å². The van der Waals surface area contributed by atoms with Gasteiger partial charge >= 0.3 is 0 Å². The molecule has 0 saturated carbocycles. The van der Waals surface area contributed by atoms with Crippen molar-refractivity contribution in [1.29, 1.82) is 0 Å². The van der Waals surface area contributed by atoms with Gasteiger partial charge in [-0.3, -0.25) is 10.2 Å². The smallest absolute Gasteiger partial charge is 0.265 e. The van der Waals surface area contributed by atoms with Gasteiger partial charge in [-0.15, -0.1) is 0 Å². The molecule has 1 aromatic heterocycles. The molecule has 0 atom stereocenters.